The van der Waals surface area contributed by atoms with E-state index in [0.717, 1.165) is 0 Å². The van der Waals surface area contributed by atoms with Crippen molar-refractivity contribution in [3.63, 3.8) is 0 Å². The van der Waals surface area contributed by atoms with Crippen molar-refractivity contribution in [3.05, 3.63) is 28.2 Å². The maximum Gasteiger partial charge on any atom is 1.00 e. The molecule has 0 saturated carbocycles. The number of carboxylic acid groups (broad SMARTS) is 1. The number of aromatic hydroxyl groups is 1. The third-order valence-corrected chi connectivity index (χ3v) is 1.67. The number of carbonyl (C=O) groups is 1. The number of phenols is 1. The second-order valence-corrected chi connectivity index (χ2v) is 2.86. The molecule has 5 heteroatoms. The molecule has 0 aliphatic heterocycles. The van der Waals surface area contributed by atoms with Gasteiger partial charge >= 0.3 is 51.4 Å². The van der Waals surface area contributed by atoms with Gasteiger partial charge in [-0.15, -0.1) is 0 Å². The van der Waals surface area contributed by atoms with Gasteiger partial charge in [-0.05, 0) is 18.2 Å². The Morgan fingerprint density at radius 3 is 2.50 bits per heavy atom. The van der Waals surface area contributed by atoms with Crippen LogP contribution in [0.4, 0.5) is 0 Å². The summed E-state index contributed by atoms with van der Waals surface area (Å²) in [6.45, 7) is 0. The standard InChI is InChI=1S/C7H5BrO3.K/c8-4-1-2-6(9)5(3-4)7(10)11;/h1-3,9H,(H,10,11);/q;+1/p-1. The van der Waals surface area contributed by atoms with E-state index in [4.69, 9.17) is 5.11 Å². The normalized spacial score (nSPS) is 8.75. The average Bonchev–Trinajstić information content (AvgIpc) is 1.94. The summed E-state index contributed by atoms with van der Waals surface area (Å²) < 4.78 is 0.592. The van der Waals surface area contributed by atoms with Crippen molar-refractivity contribution in [2.45, 2.75) is 0 Å². The van der Waals surface area contributed by atoms with Gasteiger partial charge < -0.3 is 15.0 Å². The predicted molar refractivity (Wildman–Crippen MR) is 40.1 cm³/mol. The van der Waals surface area contributed by atoms with Gasteiger partial charge in [0.05, 0.1) is 5.97 Å². The number of benzene rings is 1. The summed E-state index contributed by atoms with van der Waals surface area (Å²) in [5, 5.41) is 19.2. The van der Waals surface area contributed by atoms with Crippen LogP contribution in [0.25, 0.3) is 0 Å². The predicted octanol–water partition coefficient (Wildman–Crippen LogP) is -2.48. The summed E-state index contributed by atoms with van der Waals surface area (Å²) in [6.07, 6.45) is 0. The maximum atomic E-state index is 10.3. The number of carbonyl (C=O) groups excluding carboxylic acids is 1. The number of hydrogen-bond acceptors (Lipinski definition) is 3. The van der Waals surface area contributed by atoms with Gasteiger partial charge in [0, 0.05) is 10.0 Å². The zero-order chi connectivity index (χ0) is 8.43. The molecule has 0 aliphatic rings. The number of halogens is 1. The Bertz CT molecular complexity index is 301. The SMILES string of the molecule is O=C([O-])c1cc(Br)ccc1O.[K+]. The third-order valence-electron chi connectivity index (χ3n) is 1.18. The minimum absolute atomic E-state index is 0. The Labute approximate surface area is 120 Å². The van der Waals surface area contributed by atoms with Crippen molar-refractivity contribution in [1.82, 2.24) is 0 Å². The molecule has 0 bridgehead atoms. The molecule has 58 valence electrons. The Hall–Kier alpha value is 0.606. The van der Waals surface area contributed by atoms with Crippen LogP contribution in [0, 0.1) is 0 Å². The molecular weight excluding hydrogens is 251 g/mol. The maximum absolute atomic E-state index is 10.3. The molecule has 0 saturated heterocycles. The molecule has 0 aromatic heterocycles. The van der Waals surface area contributed by atoms with Crippen LogP contribution in [0.3, 0.4) is 0 Å². The van der Waals surface area contributed by atoms with Crippen LogP contribution in [-0.4, -0.2) is 11.1 Å². The summed E-state index contributed by atoms with van der Waals surface area (Å²) >= 11 is 3.06. The molecule has 0 atom stereocenters. The molecule has 3 nitrogen and oxygen atoms in total. The van der Waals surface area contributed by atoms with E-state index in [1.54, 1.807) is 6.07 Å². The number of carboxylic acids is 1. The van der Waals surface area contributed by atoms with Gasteiger partial charge in [-0.3, -0.25) is 0 Å². The molecule has 0 spiro atoms. The molecule has 0 amide bonds. The first-order valence-electron chi connectivity index (χ1n) is 2.81. The van der Waals surface area contributed by atoms with Gasteiger partial charge in [0.15, 0.2) is 0 Å². The van der Waals surface area contributed by atoms with Gasteiger partial charge in [0.25, 0.3) is 0 Å². The van der Waals surface area contributed by atoms with Gasteiger partial charge in [0.1, 0.15) is 5.75 Å². The fourth-order valence-corrected chi connectivity index (χ4v) is 1.03. The summed E-state index contributed by atoms with van der Waals surface area (Å²) in [6, 6.07) is 4.11. The van der Waals surface area contributed by atoms with E-state index in [-0.39, 0.29) is 62.7 Å². The number of hydrogen-bond donors (Lipinski definition) is 1. The minimum atomic E-state index is -1.39. The zero-order valence-electron chi connectivity index (χ0n) is 6.37. The van der Waals surface area contributed by atoms with E-state index in [1.165, 1.54) is 12.1 Å². The Kier molecular flexibility index (Phi) is 5.63. The molecule has 0 heterocycles. The fourth-order valence-electron chi connectivity index (χ4n) is 0.672. The second kappa shape index (κ2) is 5.36. The van der Waals surface area contributed by atoms with Crippen LogP contribution >= 0.6 is 15.9 Å². The molecule has 1 N–H and O–H groups in total. The van der Waals surface area contributed by atoms with Crippen molar-refractivity contribution in [2.75, 3.05) is 0 Å². The van der Waals surface area contributed by atoms with Gasteiger partial charge in [-0.1, -0.05) is 15.9 Å². The summed E-state index contributed by atoms with van der Waals surface area (Å²) in [5.74, 6) is -1.67. The van der Waals surface area contributed by atoms with Crippen LogP contribution in [0.5, 0.6) is 5.75 Å². The second-order valence-electron chi connectivity index (χ2n) is 1.95. The van der Waals surface area contributed by atoms with E-state index >= 15 is 0 Å². The quantitative estimate of drug-likeness (QED) is 0.565. The summed E-state index contributed by atoms with van der Waals surface area (Å²) in [7, 11) is 0. The topological polar surface area (TPSA) is 60.4 Å². The largest absolute Gasteiger partial charge is 1.00 e. The first kappa shape index (κ1) is 12.6. The van der Waals surface area contributed by atoms with Crippen molar-refractivity contribution in [2.24, 2.45) is 0 Å². The van der Waals surface area contributed by atoms with Crippen LogP contribution in [0.2, 0.25) is 0 Å². The van der Waals surface area contributed by atoms with Crippen LogP contribution in [0.1, 0.15) is 10.4 Å². The average molecular weight is 255 g/mol. The van der Waals surface area contributed by atoms with E-state index in [0.29, 0.717) is 4.47 Å². The zero-order valence-corrected chi connectivity index (χ0v) is 11.1. The van der Waals surface area contributed by atoms with Crippen molar-refractivity contribution < 1.29 is 66.4 Å². The smallest absolute Gasteiger partial charge is 0.545 e. The van der Waals surface area contributed by atoms with E-state index in [1.807, 2.05) is 0 Å². The monoisotopic (exact) mass is 254 g/mol. The molecule has 0 aliphatic carbocycles. The van der Waals surface area contributed by atoms with Crippen molar-refractivity contribution in [1.29, 1.82) is 0 Å². The molecule has 0 fully saturated rings. The van der Waals surface area contributed by atoms with Crippen LogP contribution in [0.15, 0.2) is 22.7 Å². The van der Waals surface area contributed by atoms with Gasteiger partial charge in [-0.25, -0.2) is 0 Å². The first-order valence-corrected chi connectivity index (χ1v) is 3.60. The van der Waals surface area contributed by atoms with E-state index in [2.05, 4.69) is 15.9 Å². The Morgan fingerprint density at radius 1 is 1.50 bits per heavy atom. The summed E-state index contributed by atoms with van der Waals surface area (Å²) in [4.78, 5) is 10.3. The Morgan fingerprint density at radius 2 is 2.08 bits per heavy atom. The molecule has 1 rings (SSSR count). The molecular formula is C7H4BrKO3. The summed E-state index contributed by atoms with van der Waals surface area (Å²) in [5.41, 5.74) is -0.209. The molecule has 0 radical (unpaired) electrons. The third kappa shape index (κ3) is 3.16. The van der Waals surface area contributed by atoms with Crippen molar-refractivity contribution >= 4 is 21.9 Å². The van der Waals surface area contributed by atoms with Gasteiger partial charge in [0.2, 0.25) is 0 Å². The number of aromatic carboxylic acids is 1. The van der Waals surface area contributed by atoms with Gasteiger partial charge in [-0.2, -0.15) is 0 Å². The molecule has 1 aromatic carbocycles. The molecule has 12 heavy (non-hydrogen) atoms. The van der Waals surface area contributed by atoms with E-state index < -0.39 is 5.97 Å². The van der Waals surface area contributed by atoms with Crippen LogP contribution in [-0.2, 0) is 0 Å². The van der Waals surface area contributed by atoms with E-state index in [9.17, 15) is 9.90 Å². The minimum Gasteiger partial charge on any atom is -0.545 e. The first-order chi connectivity index (χ1) is 5.11. The Balaban J connectivity index is 0.00000121. The van der Waals surface area contributed by atoms with Crippen molar-refractivity contribution in [3.8, 4) is 5.75 Å². The fraction of sp³-hybridized carbons (Fsp3) is 0. The van der Waals surface area contributed by atoms with Crippen LogP contribution < -0.4 is 56.5 Å². The molecule has 0 unspecified atom stereocenters. The molecule has 1 aromatic rings. The number of rotatable bonds is 1.